The molecule has 0 saturated carbocycles. The Morgan fingerprint density at radius 3 is 2.40 bits per heavy atom. The number of alkyl halides is 3. The van der Waals surface area contributed by atoms with Crippen molar-refractivity contribution in [3.63, 3.8) is 0 Å². The summed E-state index contributed by atoms with van der Waals surface area (Å²) in [5.41, 5.74) is 1.12. The van der Waals surface area contributed by atoms with Crippen LogP contribution < -0.4 is 5.32 Å². The number of Topliss-reactive ketones (excluding diaryl/α,β-unsaturated/α-hetero) is 1. The van der Waals surface area contributed by atoms with Crippen LogP contribution >= 0.6 is 11.6 Å². The Labute approximate surface area is 309 Å². The van der Waals surface area contributed by atoms with E-state index in [4.69, 9.17) is 16.3 Å². The zero-order valence-corrected chi connectivity index (χ0v) is 30.8. The topological polar surface area (TPSA) is 85.4 Å². The number of halogens is 4. The molecule has 3 amide bonds. The van der Waals surface area contributed by atoms with Crippen molar-refractivity contribution >= 4 is 35.2 Å². The minimum Gasteiger partial charge on any atom is -0.438 e. The van der Waals surface area contributed by atoms with E-state index in [1.807, 2.05) is 29.2 Å². The molecule has 1 N–H and O–H groups in total. The summed E-state index contributed by atoms with van der Waals surface area (Å²) in [5, 5.41) is 2.57. The van der Waals surface area contributed by atoms with Gasteiger partial charge < -0.3 is 29.7 Å². The molecule has 52 heavy (non-hydrogen) atoms. The van der Waals surface area contributed by atoms with Crippen LogP contribution in [0.1, 0.15) is 74.5 Å². The molecule has 3 fully saturated rings. The van der Waals surface area contributed by atoms with Gasteiger partial charge >= 0.3 is 18.3 Å². The van der Waals surface area contributed by atoms with Crippen molar-refractivity contribution in [2.45, 2.75) is 95.0 Å². The number of carbonyl (C=O) groups excluding carboxylic acids is 3. The maximum absolute atomic E-state index is 13.8. The van der Waals surface area contributed by atoms with E-state index in [0.29, 0.717) is 50.9 Å². The van der Waals surface area contributed by atoms with E-state index >= 15 is 0 Å². The van der Waals surface area contributed by atoms with Crippen molar-refractivity contribution in [1.29, 1.82) is 0 Å². The average Bonchev–Trinajstić information content (AvgIpc) is 3.47. The number of hydrogen-bond donors (Lipinski definition) is 1. The second-order valence-corrected chi connectivity index (χ2v) is 15.4. The van der Waals surface area contributed by atoms with E-state index in [2.05, 4.69) is 22.2 Å². The summed E-state index contributed by atoms with van der Waals surface area (Å²) in [4.78, 5) is 48.8. The van der Waals surface area contributed by atoms with Crippen molar-refractivity contribution in [3.05, 3.63) is 64.2 Å². The van der Waals surface area contributed by atoms with Crippen LogP contribution in [-0.2, 0) is 28.5 Å². The lowest BCUT2D eigenvalue weighted by Crippen LogP contribution is -2.50. The van der Waals surface area contributed by atoms with E-state index in [1.54, 1.807) is 0 Å². The second-order valence-electron chi connectivity index (χ2n) is 15.0. The number of amides is 3. The predicted octanol–water partition coefficient (Wildman–Crippen LogP) is 7.51. The number of ketones is 1. The maximum Gasteiger partial charge on any atom is 0.417 e. The first-order valence-electron chi connectivity index (χ1n) is 18.9. The molecule has 2 atom stereocenters. The van der Waals surface area contributed by atoms with E-state index in [0.717, 1.165) is 69.2 Å². The molecular formula is C39H51ClF3N5O4. The molecule has 4 aliphatic rings. The molecule has 4 heterocycles. The van der Waals surface area contributed by atoms with Gasteiger partial charge in [-0.25, -0.2) is 9.59 Å². The van der Waals surface area contributed by atoms with Crippen molar-refractivity contribution in [3.8, 4) is 0 Å². The average molecular weight is 746 g/mol. The molecule has 9 nitrogen and oxygen atoms in total. The lowest BCUT2D eigenvalue weighted by atomic mass is 9.92. The number of urea groups is 1. The predicted molar refractivity (Wildman–Crippen MR) is 195 cm³/mol. The normalized spacial score (nSPS) is 22.2. The molecule has 0 aromatic heterocycles. The number of nitrogens with one attached hydrogen (secondary N) is 1. The van der Waals surface area contributed by atoms with Gasteiger partial charge in [0.25, 0.3) is 0 Å². The zero-order chi connectivity index (χ0) is 36.8. The standard InChI is InChI=1S/C39H51ClF3N5O4/c1-45-19-14-30(15-20-45)46-18-4-5-27(12-21-46)9-11-35(49)36(26-28-8-10-33(40)32(25-28)39(41,42)43)52-38(51)47-22-16-31(17-23-47)48-24-13-29-6-2-3-7-34(29)44-37(48)50/h2-3,6-8,10,25,27,30-31,36H,4-5,9,11-24,26H2,1H3,(H,44,50)/t27?,36-/m1/s1. The van der Waals surface area contributed by atoms with E-state index in [9.17, 15) is 27.6 Å². The van der Waals surface area contributed by atoms with Crippen molar-refractivity contribution in [2.24, 2.45) is 5.92 Å². The third kappa shape index (κ3) is 9.79. The first kappa shape index (κ1) is 38.4. The molecule has 2 aromatic rings. The fraction of sp³-hybridized carbons (Fsp3) is 0.615. The smallest absolute Gasteiger partial charge is 0.417 e. The fourth-order valence-electron chi connectivity index (χ4n) is 8.36. The SMILES string of the molecule is CN1CCC(N2CCCC(CCC(=O)[C@@H](Cc3ccc(Cl)c(C(F)(F)F)c3)OC(=O)N3CCC(N4CCc5ccccc5NC4=O)CC3)CC2)CC1. The molecule has 0 spiro atoms. The van der Waals surface area contributed by atoms with Crippen molar-refractivity contribution in [1.82, 2.24) is 19.6 Å². The van der Waals surface area contributed by atoms with E-state index in [1.165, 1.54) is 29.9 Å². The summed E-state index contributed by atoms with van der Waals surface area (Å²) in [6, 6.07) is 11.7. The Balaban J connectivity index is 1.07. The largest absolute Gasteiger partial charge is 0.438 e. The van der Waals surface area contributed by atoms with Gasteiger partial charge in [-0.2, -0.15) is 13.2 Å². The van der Waals surface area contributed by atoms with Crippen LogP contribution in [0.4, 0.5) is 28.4 Å². The molecule has 13 heteroatoms. The number of ether oxygens (including phenoxy) is 1. The summed E-state index contributed by atoms with van der Waals surface area (Å²) < 4.78 is 47.0. The first-order chi connectivity index (χ1) is 24.9. The maximum atomic E-state index is 13.8. The quantitative estimate of drug-likeness (QED) is 0.286. The van der Waals surface area contributed by atoms with Gasteiger partial charge in [-0.15, -0.1) is 0 Å². The lowest BCUT2D eigenvalue weighted by Gasteiger charge is -2.37. The number of anilines is 1. The third-order valence-corrected chi connectivity index (χ3v) is 11.9. The number of hydrogen-bond acceptors (Lipinski definition) is 6. The molecule has 3 saturated heterocycles. The van der Waals surface area contributed by atoms with Gasteiger partial charge in [-0.1, -0.05) is 35.9 Å². The van der Waals surface area contributed by atoms with Crippen molar-refractivity contribution in [2.75, 3.05) is 58.2 Å². The van der Waals surface area contributed by atoms with Crippen LogP contribution in [0.3, 0.4) is 0 Å². The molecule has 4 aliphatic heterocycles. The molecule has 1 unspecified atom stereocenters. The Morgan fingerprint density at radius 1 is 0.923 bits per heavy atom. The van der Waals surface area contributed by atoms with Crippen LogP contribution in [0, 0.1) is 5.92 Å². The summed E-state index contributed by atoms with van der Waals surface area (Å²) >= 11 is 5.88. The van der Waals surface area contributed by atoms with Gasteiger partial charge in [0.2, 0.25) is 0 Å². The molecule has 284 valence electrons. The summed E-state index contributed by atoms with van der Waals surface area (Å²) in [6.45, 7) is 5.50. The fourth-order valence-corrected chi connectivity index (χ4v) is 8.58. The van der Waals surface area contributed by atoms with Gasteiger partial charge in [-0.3, -0.25) is 4.79 Å². The number of rotatable bonds is 9. The van der Waals surface area contributed by atoms with Crippen LogP contribution in [0.5, 0.6) is 0 Å². The van der Waals surface area contributed by atoms with Crippen molar-refractivity contribution < 1.29 is 32.3 Å². The van der Waals surface area contributed by atoms with Crippen LogP contribution in [-0.4, -0.2) is 109 Å². The van der Waals surface area contributed by atoms with E-state index < -0.39 is 29.0 Å². The molecule has 2 aromatic carbocycles. The number of para-hydroxylation sites is 1. The van der Waals surface area contributed by atoms with E-state index in [-0.39, 0.29) is 36.3 Å². The molecule has 6 rings (SSSR count). The molecule has 0 aliphatic carbocycles. The summed E-state index contributed by atoms with van der Waals surface area (Å²) in [5.74, 6) is 0.0657. The van der Waals surface area contributed by atoms with Gasteiger partial charge in [0.05, 0.1) is 10.6 Å². The van der Waals surface area contributed by atoms with Gasteiger partial charge in [-0.05, 0) is 126 Å². The number of piperidine rings is 2. The number of likely N-dealkylation sites (tertiary alicyclic amines) is 3. The van der Waals surface area contributed by atoms with Crippen LogP contribution in [0.2, 0.25) is 5.02 Å². The monoisotopic (exact) mass is 745 g/mol. The molecule has 0 bridgehead atoms. The Bertz CT molecular complexity index is 1560. The lowest BCUT2D eigenvalue weighted by molar-refractivity contribution is -0.137. The first-order valence-corrected chi connectivity index (χ1v) is 19.2. The Kier molecular flexibility index (Phi) is 12.7. The summed E-state index contributed by atoms with van der Waals surface area (Å²) in [6.07, 6.45) is 1.32. The van der Waals surface area contributed by atoms with Gasteiger partial charge in [0.1, 0.15) is 0 Å². The summed E-state index contributed by atoms with van der Waals surface area (Å²) in [7, 11) is 2.16. The Hall–Kier alpha value is -3.35. The molecule has 0 radical (unpaired) electrons. The highest BCUT2D eigenvalue weighted by Gasteiger charge is 2.36. The van der Waals surface area contributed by atoms with Gasteiger partial charge in [0, 0.05) is 50.2 Å². The zero-order valence-electron chi connectivity index (χ0n) is 30.0. The van der Waals surface area contributed by atoms with Gasteiger partial charge in [0.15, 0.2) is 11.9 Å². The third-order valence-electron chi connectivity index (χ3n) is 11.6. The number of benzene rings is 2. The number of nitrogens with zero attached hydrogens (tertiary/aromatic N) is 4. The van der Waals surface area contributed by atoms with Crippen LogP contribution in [0.15, 0.2) is 42.5 Å². The minimum atomic E-state index is -4.67. The van der Waals surface area contributed by atoms with Crippen LogP contribution in [0.25, 0.3) is 0 Å². The number of fused-ring (bicyclic) bond motifs is 1. The number of carbonyl (C=O) groups is 3. The highest BCUT2D eigenvalue weighted by atomic mass is 35.5. The minimum absolute atomic E-state index is 0.0689. The second kappa shape index (κ2) is 17.2. The Morgan fingerprint density at radius 2 is 1.65 bits per heavy atom. The highest BCUT2D eigenvalue weighted by molar-refractivity contribution is 6.31. The highest BCUT2D eigenvalue weighted by Crippen LogP contribution is 2.36. The molecular weight excluding hydrogens is 695 g/mol.